The smallest absolute Gasteiger partial charge is 0.306 e. The lowest BCUT2D eigenvalue weighted by Gasteiger charge is -2.09. The van der Waals surface area contributed by atoms with Crippen LogP contribution in [-0.4, -0.2) is 25.1 Å². The number of benzene rings is 2. The van der Waals surface area contributed by atoms with Gasteiger partial charge in [-0.15, -0.1) is 0 Å². The first-order valence-electron chi connectivity index (χ1n) is 8.45. The van der Waals surface area contributed by atoms with Crippen molar-refractivity contribution in [1.82, 2.24) is 0 Å². The number of amides is 1. The number of carbonyl (C=O) groups is 2. The molecule has 0 unspecified atom stereocenters. The molecule has 5 nitrogen and oxygen atoms in total. The second kappa shape index (κ2) is 9.92. The van der Waals surface area contributed by atoms with E-state index >= 15 is 0 Å². The van der Waals surface area contributed by atoms with E-state index in [1.807, 2.05) is 13.0 Å². The zero-order chi connectivity index (χ0) is 19.8. The Morgan fingerprint density at radius 1 is 1.11 bits per heavy atom. The summed E-state index contributed by atoms with van der Waals surface area (Å²) in [4.78, 5) is 23.5. The van der Waals surface area contributed by atoms with Crippen molar-refractivity contribution in [3.63, 3.8) is 0 Å². The normalized spacial score (nSPS) is 10.4. The highest BCUT2D eigenvalue weighted by Gasteiger charge is 2.10. The van der Waals surface area contributed by atoms with Crippen LogP contribution >= 0.6 is 11.6 Å². The molecular formula is C20H21ClFNO4. The Morgan fingerprint density at radius 3 is 2.63 bits per heavy atom. The molecule has 0 saturated carbocycles. The number of hydrogen-bond donors (Lipinski definition) is 1. The van der Waals surface area contributed by atoms with Gasteiger partial charge in [-0.05, 0) is 61.7 Å². The molecule has 0 spiro atoms. The van der Waals surface area contributed by atoms with Gasteiger partial charge in [0.1, 0.15) is 11.6 Å². The van der Waals surface area contributed by atoms with E-state index in [0.29, 0.717) is 35.1 Å². The summed E-state index contributed by atoms with van der Waals surface area (Å²) in [5.41, 5.74) is 1.97. The summed E-state index contributed by atoms with van der Waals surface area (Å²) in [6.07, 6.45) is 0.573. The zero-order valence-corrected chi connectivity index (χ0v) is 15.9. The van der Waals surface area contributed by atoms with Gasteiger partial charge in [0, 0.05) is 17.1 Å². The number of rotatable bonds is 8. The second-order valence-electron chi connectivity index (χ2n) is 6.03. The number of esters is 1. The van der Waals surface area contributed by atoms with Gasteiger partial charge in [0.25, 0.3) is 5.91 Å². The Balaban J connectivity index is 1.66. The summed E-state index contributed by atoms with van der Waals surface area (Å²) < 4.78 is 23.6. The van der Waals surface area contributed by atoms with Gasteiger partial charge in [0.05, 0.1) is 6.61 Å². The summed E-state index contributed by atoms with van der Waals surface area (Å²) in [6, 6.07) is 9.40. The maximum absolute atomic E-state index is 13.2. The number of anilines is 1. The molecule has 0 aliphatic carbocycles. The van der Waals surface area contributed by atoms with Crippen molar-refractivity contribution in [1.29, 1.82) is 0 Å². The fourth-order valence-corrected chi connectivity index (χ4v) is 2.36. The Kier molecular flexibility index (Phi) is 7.61. The van der Waals surface area contributed by atoms with E-state index in [1.165, 1.54) is 12.1 Å². The molecule has 0 radical (unpaired) electrons. The molecule has 0 bridgehead atoms. The molecule has 2 rings (SSSR count). The van der Waals surface area contributed by atoms with Crippen molar-refractivity contribution in [2.45, 2.75) is 26.7 Å². The fraction of sp³-hybridized carbons (Fsp3) is 0.300. The van der Waals surface area contributed by atoms with Gasteiger partial charge in [0.15, 0.2) is 6.61 Å². The van der Waals surface area contributed by atoms with Gasteiger partial charge in [-0.2, -0.15) is 0 Å². The van der Waals surface area contributed by atoms with Crippen LogP contribution in [0.5, 0.6) is 5.75 Å². The van der Waals surface area contributed by atoms with Crippen LogP contribution in [0.1, 0.15) is 24.0 Å². The molecule has 2 aromatic carbocycles. The highest BCUT2D eigenvalue weighted by atomic mass is 35.5. The van der Waals surface area contributed by atoms with E-state index in [9.17, 15) is 14.0 Å². The first-order chi connectivity index (χ1) is 12.8. The minimum atomic E-state index is -0.523. The molecule has 1 amide bonds. The molecule has 0 fully saturated rings. The standard InChI is InChI=1S/C20H21ClFNO4/c1-13-5-6-15(22)11-18(13)23-19(24)12-27-20(25)4-3-9-26-16-7-8-17(21)14(2)10-16/h5-8,10-11H,3-4,9,12H2,1-2H3,(H,23,24). The molecule has 0 aliphatic rings. The van der Waals surface area contributed by atoms with Crippen LogP contribution in [0.3, 0.4) is 0 Å². The van der Waals surface area contributed by atoms with Gasteiger partial charge >= 0.3 is 5.97 Å². The summed E-state index contributed by atoms with van der Waals surface area (Å²) in [7, 11) is 0. The lowest BCUT2D eigenvalue weighted by molar-refractivity contribution is -0.147. The molecule has 144 valence electrons. The predicted octanol–water partition coefficient (Wildman–Crippen LogP) is 4.44. The number of carbonyl (C=O) groups excluding carboxylic acids is 2. The highest BCUT2D eigenvalue weighted by molar-refractivity contribution is 6.31. The molecule has 0 aliphatic heterocycles. The highest BCUT2D eigenvalue weighted by Crippen LogP contribution is 2.21. The van der Waals surface area contributed by atoms with Gasteiger partial charge in [-0.25, -0.2) is 4.39 Å². The van der Waals surface area contributed by atoms with E-state index in [1.54, 1.807) is 25.1 Å². The van der Waals surface area contributed by atoms with Crippen molar-refractivity contribution in [2.24, 2.45) is 0 Å². The molecule has 27 heavy (non-hydrogen) atoms. The third-order valence-electron chi connectivity index (χ3n) is 3.76. The molecule has 7 heteroatoms. The summed E-state index contributed by atoms with van der Waals surface area (Å²) in [6.45, 7) is 3.53. The Morgan fingerprint density at radius 2 is 1.89 bits per heavy atom. The van der Waals surface area contributed by atoms with E-state index in [4.69, 9.17) is 21.1 Å². The second-order valence-corrected chi connectivity index (χ2v) is 6.44. The zero-order valence-electron chi connectivity index (χ0n) is 15.2. The monoisotopic (exact) mass is 393 g/mol. The SMILES string of the molecule is Cc1cc(OCCCC(=O)OCC(=O)Nc2cc(F)ccc2C)ccc1Cl. The molecule has 0 atom stereocenters. The summed E-state index contributed by atoms with van der Waals surface area (Å²) in [5.74, 6) is -0.805. The van der Waals surface area contributed by atoms with Crippen molar-refractivity contribution in [2.75, 3.05) is 18.5 Å². The first-order valence-corrected chi connectivity index (χ1v) is 8.83. The van der Waals surface area contributed by atoms with Gasteiger partial charge < -0.3 is 14.8 Å². The lowest BCUT2D eigenvalue weighted by atomic mass is 10.2. The van der Waals surface area contributed by atoms with Gasteiger partial charge in [-0.3, -0.25) is 9.59 Å². The van der Waals surface area contributed by atoms with Crippen LogP contribution in [0.25, 0.3) is 0 Å². The first kappa shape index (κ1) is 20.7. The lowest BCUT2D eigenvalue weighted by Crippen LogP contribution is -2.21. The maximum atomic E-state index is 13.2. The number of hydrogen-bond acceptors (Lipinski definition) is 4. The van der Waals surface area contributed by atoms with E-state index in [-0.39, 0.29) is 6.42 Å². The Hall–Kier alpha value is -2.60. The topological polar surface area (TPSA) is 64.6 Å². The van der Waals surface area contributed by atoms with Crippen LogP contribution in [-0.2, 0) is 14.3 Å². The summed E-state index contributed by atoms with van der Waals surface area (Å²) >= 11 is 5.94. The third-order valence-corrected chi connectivity index (χ3v) is 4.19. The van der Waals surface area contributed by atoms with E-state index in [2.05, 4.69) is 5.32 Å². The van der Waals surface area contributed by atoms with Crippen molar-refractivity contribution < 1.29 is 23.5 Å². The van der Waals surface area contributed by atoms with Crippen molar-refractivity contribution in [3.05, 3.63) is 58.4 Å². The molecule has 0 saturated heterocycles. The predicted molar refractivity (Wildman–Crippen MR) is 102 cm³/mol. The average Bonchev–Trinajstić information content (AvgIpc) is 2.63. The minimum Gasteiger partial charge on any atom is -0.494 e. The van der Waals surface area contributed by atoms with Crippen LogP contribution < -0.4 is 10.1 Å². The number of aryl methyl sites for hydroxylation is 2. The Labute approximate surface area is 162 Å². The molecule has 1 N–H and O–H groups in total. The number of halogens is 2. The number of ether oxygens (including phenoxy) is 2. The average molecular weight is 394 g/mol. The summed E-state index contributed by atoms with van der Waals surface area (Å²) in [5, 5.41) is 3.18. The molecule has 2 aromatic rings. The van der Waals surface area contributed by atoms with Crippen LogP contribution in [0, 0.1) is 19.7 Å². The quantitative estimate of drug-likeness (QED) is 0.532. The third kappa shape index (κ3) is 6.90. The Bertz CT molecular complexity index is 826. The van der Waals surface area contributed by atoms with Crippen LogP contribution in [0.15, 0.2) is 36.4 Å². The van der Waals surface area contributed by atoms with Gasteiger partial charge in [0.2, 0.25) is 0 Å². The van der Waals surface area contributed by atoms with Crippen molar-refractivity contribution in [3.8, 4) is 5.75 Å². The number of nitrogens with one attached hydrogen (secondary N) is 1. The van der Waals surface area contributed by atoms with Crippen LogP contribution in [0.2, 0.25) is 5.02 Å². The van der Waals surface area contributed by atoms with Crippen LogP contribution in [0.4, 0.5) is 10.1 Å². The fourth-order valence-electron chi connectivity index (χ4n) is 2.25. The molecule has 0 heterocycles. The maximum Gasteiger partial charge on any atom is 0.306 e. The van der Waals surface area contributed by atoms with E-state index in [0.717, 1.165) is 5.56 Å². The largest absolute Gasteiger partial charge is 0.494 e. The molecule has 0 aromatic heterocycles. The molecular weight excluding hydrogens is 373 g/mol. The minimum absolute atomic E-state index is 0.124. The van der Waals surface area contributed by atoms with E-state index < -0.39 is 24.3 Å². The van der Waals surface area contributed by atoms with Crippen molar-refractivity contribution >= 4 is 29.2 Å². The van der Waals surface area contributed by atoms with Gasteiger partial charge in [-0.1, -0.05) is 17.7 Å².